The average molecular weight is 443 g/mol. The largest absolute Gasteiger partial charge is 0.494 e. The molecule has 1 aromatic heterocycles. The van der Waals surface area contributed by atoms with Crippen LogP contribution in [-0.2, 0) is 0 Å². The summed E-state index contributed by atoms with van der Waals surface area (Å²) in [5, 5.41) is 19.9. The van der Waals surface area contributed by atoms with Crippen LogP contribution in [0.2, 0.25) is 0 Å². The van der Waals surface area contributed by atoms with E-state index in [1.165, 1.54) is 0 Å². The summed E-state index contributed by atoms with van der Waals surface area (Å²) in [5.74, 6) is 0.754. The number of aromatic nitrogens is 1. The van der Waals surface area contributed by atoms with Crippen molar-refractivity contribution in [3.63, 3.8) is 0 Å². The molecule has 7 heteroatoms. The molecule has 0 amide bonds. The molecule has 3 aromatic rings. The Labute approximate surface area is 191 Å². The lowest BCUT2D eigenvalue weighted by Gasteiger charge is -2.13. The molecule has 160 valence electrons. The van der Waals surface area contributed by atoms with Crippen LogP contribution in [0.4, 0.5) is 5.82 Å². The lowest BCUT2D eigenvalue weighted by atomic mass is 9.97. The molecule has 6 nitrogen and oxygen atoms in total. The van der Waals surface area contributed by atoms with Gasteiger partial charge in [-0.25, -0.2) is 4.98 Å². The summed E-state index contributed by atoms with van der Waals surface area (Å²) >= 11 is 1.14. The molecule has 0 fully saturated rings. The zero-order valence-corrected chi connectivity index (χ0v) is 18.5. The third-order valence-electron chi connectivity index (χ3n) is 4.76. The zero-order valence-electron chi connectivity index (χ0n) is 17.7. The predicted molar refractivity (Wildman–Crippen MR) is 125 cm³/mol. The lowest BCUT2D eigenvalue weighted by Crippen LogP contribution is -2.06. The number of Topliss-reactive ketones (excluding diaryl/α,β-unsaturated/α-hetero) is 1. The Morgan fingerprint density at radius 1 is 1.06 bits per heavy atom. The number of thioether (sulfide) groups is 1. The summed E-state index contributed by atoms with van der Waals surface area (Å²) in [7, 11) is 0. The van der Waals surface area contributed by atoms with Crippen LogP contribution in [0.15, 0.2) is 59.6 Å². The number of unbranched alkanes of at least 4 members (excludes halogenated alkanes) is 1. The van der Waals surface area contributed by atoms with Crippen molar-refractivity contribution >= 4 is 23.4 Å². The number of nitrogen functional groups attached to an aromatic ring is 1. The highest BCUT2D eigenvalue weighted by molar-refractivity contribution is 8.00. The fraction of sp³-hybridized carbons (Fsp3) is 0.200. The number of nitrogens with zero attached hydrogens (tertiary/aromatic N) is 3. The Kier molecular flexibility index (Phi) is 7.85. The number of pyridine rings is 1. The van der Waals surface area contributed by atoms with Gasteiger partial charge < -0.3 is 10.5 Å². The number of carbonyl (C=O) groups excluding carboxylic acids is 1. The number of anilines is 1. The fourth-order valence-electron chi connectivity index (χ4n) is 3.08. The molecule has 0 radical (unpaired) electrons. The van der Waals surface area contributed by atoms with Gasteiger partial charge >= 0.3 is 0 Å². The van der Waals surface area contributed by atoms with Crippen molar-refractivity contribution in [2.24, 2.45) is 0 Å². The Morgan fingerprint density at radius 3 is 2.38 bits per heavy atom. The lowest BCUT2D eigenvalue weighted by molar-refractivity contribution is 0.102. The molecule has 0 aliphatic carbocycles. The maximum atomic E-state index is 12.5. The number of rotatable bonds is 9. The van der Waals surface area contributed by atoms with Gasteiger partial charge in [0, 0.05) is 11.1 Å². The highest BCUT2D eigenvalue weighted by atomic mass is 32.2. The SMILES string of the molecule is CCCCOc1ccc(-c2c(C#N)c(N)nc(SCC(=O)c3ccccc3)c2C#N)cc1. The first-order valence-electron chi connectivity index (χ1n) is 10.2. The van der Waals surface area contributed by atoms with E-state index in [0.717, 1.165) is 24.6 Å². The van der Waals surface area contributed by atoms with Crippen LogP contribution in [0.25, 0.3) is 11.1 Å². The second-order valence-electron chi connectivity index (χ2n) is 6.96. The number of carbonyl (C=O) groups is 1. The summed E-state index contributed by atoms with van der Waals surface area (Å²) in [6.45, 7) is 2.72. The molecule has 0 spiro atoms. The number of ether oxygens (including phenoxy) is 1. The van der Waals surface area contributed by atoms with E-state index in [0.29, 0.717) is 34.1 Å². The van der Waals surface area contributed by atoms with E-state index in [-0.39, 0.29) is 28.5 Å². The van der Waals surface area contributed by atoms with Gasteiger partial charge in [0.25, 0.3) is 0 Å². The minimum absolute atomic E-state index is 0.0273. The number of nitriles is 2. The van der Waals surface area contributed by atoms with Crippen molar-refractivity contribution in [3.8, 4) is 29.0 Å². The molecule has 0 saturated carbocycles. The van der Waals surface area contributed by atoms with E-state index >= 15 is 0 Å². The summed E-state index contributed by atoms with van der Waals surface area (Å²) in [4.78, 5) is 16.7. The van der Waals surface area contributed by atoms with E-state index in [2.05, 4.69) is 24.0 Å². The standard InChI is InChI=1S/C25H22N4O2S/c1-2-3-13-31-19-11-9-18(10-12-19)23-20(14-26)24(28)29-25(21(23)15-27)32-16-22(30)17-7-5-4-6-8-17/h4-12H,2-3,13,16H2,1H3,(H2,28,29). The van der Waals surface area contributed by atoms with Crippen molar-refractivity contribution < 1.29 is 9.53 Å². The molecular formula is C25H22N4O2S. The van der Waals surface area contributed by atoms with Crippen LogP contribution >= 0.6 is 11.8 Å². The summed E-state index contributed by atoms with van der Waals surface area (Å²) < 4.78 is 5.70. The van der Waals surface area contributed by atoms with Crippen molar-refractivity contribution in [2.45, 2.75) is 24.8 Å². The van der Waals surface area contributed by atoms with Gasteiger partial charge in [0.2, 0.25) is 0 Å². The zero-order chi connectivity index (χ0) is 22.9. The van der Waals surface area contributed by atoms with Crippen molar-refractivity contribution in [3.05, 3.63) is 71.3 Å². The van der Waals surface area contributed by atoms with E-state index in [9.17, 15) is 15.3 Å². The van der Waals surface area contributed by atoms with Crippen LogP contribution in [-0.4, -0.2) is 23.1 Å². The number of benzene rings is 2. The first kappa shape index (κ1) is 22.9. The maximum Gasteiger partial charge on any atom is 0.173 e. The van der Waals surface area contributed by atoms with Gasteiger partial charge in [0.1, 0.15) is 34.3 Å². The number of hydrogen-bond acceptors (Lipinski definition) is 7. The predicted octanol–water partition coefficient (Wildman–Crippen LogP) is 5.23. The summed E-state index contributed by atoms with van der Waals surface area (Å²) in [6.07, 6.45) is 2.00. The molecule has 1 heterocycles. The van der Waals surface area contributed by atoms with Crippen molar-refractivity contribution in [1.82, 2.24) is 4.98 Å². The molecule has 3 rings (SSSR count). The van der Waals surface area contributed by atoms with Gasteiger partial charge in [-0.2, -0.15) is 10.5 Å². The van der Waals surface area contributed by atoms with Crippen LogP contribution in [0.1, 0.15) is 41.3 Å². The number of nitrogens with two attached hydrogens (primary N) is 1. The monoisotopic (exact) mass is 442 g/mol. The third-order valence-corrected chi connectivity index (χ3v) is 5.74. The summed E-state index contributed by atoms with van der Waals surface area (Å²) in [6, 6.07) is 20.3. The topological polar surface area (TPSA) is 113 Å². The highest BCUT2D eigenvalue weighted by Crippen LogP contribution is 2.36. The minimum atomic E-state index is -0.0839. The second kappa shape index (κ2) is 11.0. The van der Waals surface area contributed by atoms with Gasteiger partial charge in [-0.05, 0) is 24.1 Å². The molecule has 0 saturated heterocycles. The maximum absolute atomic E-state index is 12.5. The normalized spacial score (nSPS) is 10.2. The first-order valence-corrected chi connectivity index (χ1v) is 11.2. The molecule has 2 N–H and O–H groups in total. The van der Waals surface area contributed by atoms with E-state index in [4.69, 9.17) is 10.5 Å². The Balaban J connectivity index is 1.94. The molecule has 0 atom stereocenters. The van der Waals surface area contributed by atoms with Gasteiger partial charge in [-0.3, -0.25) is 4.79 Å². The quantitative estimate of drug-likeness (QED) is 0.274. The van der Waals surface area contributed by atoms with Gasteiger partial charge in [0.15, 0.2) is 5.78 Å². The van der Waals surface area contributed by atoms with Crippen molar-refractivity contribution in [1.29, 1.82) is 10.5 Å². The third kappa shape index (κ3) is 5.26. The fourth-order valence-corrected chi connectivity index (χ4v) is 3.97. The van der Waals surface area contributed by atoms with Crippen LogP contribution in [0.5, 0.6) is 5.75 Å². The van der Waals surface area contributed by atoms with Crippen molar-refractivity contribution in [2.75, 3.05) is 18.1 Å². The first-order chi connectivity index (χ1) is 15.6. The van der Waals surface area contributed by atoms with Gasteiger partial charge in [0.05, 0.1) is 17.9 Å². The Morgan fingerprint density at radius 2 is 1.75 bits per heavy atom. The molecule has 0 bridgehead atoms. The highest BCUT2D eigenvalue weighted by Gasteiger charge is 2.21. The van der Waals surface area contributed by atoms with E-state index in [1.807, 2.05) is 6.07 Å². The molecule has 0 unspecified atom stereocenters. The van der Waals surface area contributed by atoms with Gasteiger partial charge in [-0.15, -0.1) is 0 Å². The molecule has 0 aliphatic heterocycles. The van der Waals surface area contributed by atoms with E-state index in [1.54, 1.807) is 48.5 Å². The average Bonchev–Trinajstić information content (AvgIpc) is 2.83. The number of ketones is 1. The minimum Gasteiger partial charge on any atom is -0.494 e. The second-order valence-corrected chi connectivity index (χ2v) is 7.92. The van der Waals surface area contributed by atoms with Crippen LogP contribution in [0, 0.1) is 22.7 Å². The molecule has 32 heavy (non-hydrogen) atoms. The van der Waals surface area contributed by atoms with Gasteiger partial charge in [-0.1, -0.05) is 67.6 Å². The molecule has 0 aliphatic rings. The van der Waals surface area contributed by atoms with E-state index < -0.39 is 0 Å². The van der Waals surface area contributed by atoms with Crippen LogP contribution in [0.3, 0.4) is 0 Å². The number of hydrogen-bond donors (Lipinski definition) is 1. The Bertz CT molecular complexity index is 1180. The molecular weight excluding hydrogens is 420 g/mol. The Hall–Kier alpha value is -3.81. The molecule has 2 aromatic carbocycles. The summed E-state index contributed by atoms with van der Waals surface area (Å²) in [5.41, 5.74) is 8.07. The van der Waals surface area contributed by atoms with Crippen LogP contribution < -0.4 is 10.5 Å². The smallest absolute Gasteiger partial charge is 0.173 e.